The minimum atomic E-state index is -0.101. The number of hydrogen-bond donors (Lipinski definition) is 2. The quantitative estimate of drug-likeness (QED) is 0.531. The molecule has 2 spiro atoms. The van der Waals surface area contributed by atoms with Gasteiger partial charge in [-0.3, -0.25) is 0 Å². The number of aliphatic hydroxyl groups is 1. The first-order valence-electron chi connectivity index (χ1n) is 14.9. The van der Waals surface area contributed by atoms with Crippen LogP contribution in [0.5, 0.6) is 0 Å². The fourth-order valence-electron chi connectivity index (χ4n) is 11.4. The number of benzene rings is 1. The molecule has 8 unspecified atom stereocenters. The van der Waals surface area contributed by atoms with E-state index in [4.69, 9.17) is 4.74 Å². The molecule has 0 bridgehead atoms. The average Bonchev–Trinajstić information content (AvgIpc) is 3.43. The van der Waals surface area contributed by atoms with Gasteiger partial charge in [-0.1, -0.05) is 51.1 Å². The lowest BCUT2D eigenvalue weighted by Crippen LogP contribution is -2.54. The van der Waals surface area contributed by atoms with Gasteiger partial charge in [0.15, 0.2) is 0 Å². The van der Waals surface area contributed by atoms with Gasteiger partial charge in [-0.25, -0.2) is 0 Å². The van der Waals surface area contributed by atoms with Crippen molar-refractivity contribution in [3.8, 4) is 0 Å². The Balaban J connectivity index is 1.05. The monoisotopic (exact) mass is 477 g/mol. The molecule has 5 saturated carbocycles. The Kier molecular flexibility index (Phi) is 5.18. The molecular weight excluding hydrogens is 430 g/mol. The van der Waals surface area contributed by atoms with E-state index < -0.39 is 0 Å². The van der Waals surface area contributed by atoms with Crippen molar-refractivity contribution in [2.45, 2.75) is 110 Å². The zero-order chi connectivity index (χ0) is 24.1. The van der Waals surface area contributed by atoms with Crippen molar-refractivity contribution >= 4 is 0 Å². The van der Waals surface area contributed by atoms with E-state index in [9.17, 15) is 5.11 Å². The van der Waals surface area contributed by atoms with Crippen LogP contribution in [-0.2, 0) is 11.3 Å². The summed E-state index contributed by atoms with van der Waals surface area (Å²) in [5.41, 5.74) is 3.10. The molecule has 0 radical (unpaired) electrons. The highest BCUT2D eigenvalue weighted by atomic mass is 16.5. The molecule has 10 atom stereocenters. The summed E-state index contributed by atoms with van der Waals surface area (Å²) < 4.78 is 6.89. The van der Waals surface area contributed by atoms with Crippen molar-refractivity contribution < 1.29 is 9.84 Å². The number of rotatable bonds is 4. The molecule has 2 N–H and O–H groups in total. The standard InChI is InChI=1S/C32H47NO2/c1-29(2)27-12-11-23-25-17-26-24(10-9-22(35-26)19-33-18-21-7-5-4-6-8-21)30(25,3)15-16-31(23)20-32(27,31)14-13-28(29)34/h4-8,22-28,33-34H,9-20H2,1-3H3/t22?,23?,24?,25?,26?,27?,28-,30?,31-,32?/m0/s1. The summed E-state index contributed by atoms with van der Waals surface area (Å²) >= 11 is 0. The van der Waals surface area contributed by atoms with Crippen LogP contribution in [0.4, 0.5) is 0 Å². The third-order valence-corrected chi connectivity index (χ3v) is 13.2. The van der Waals surface area contributed by atoms with Crippen LogP contribution in [0.2, 0.25) is 0 Å². The van der Waals surface area contributed by atoms with Crippen LogP contribution in [0.15, 0.2) is 30.3 Å². The van der Waals surface area contributed by atoms with Crippen molar-refractivity contribution in [3.05, 3.63) is 35.9 Å². The smallest absolute Gasteiger partial charge is 0.0703 e. The van der Waals surface area contributed by atoms with Crippen molar-refractivity contribution in [3.63, 3.8) is 0 Å². The predicted octanol–water partition coefficient (Wildman–Crippen LogP) is 6.34. The van der Waals surface area contributed by atoms with Gasteiger partial charge >= 0.3 is 0 Å². The second-order valence-corrected chi connectivity index (χ2v) is 14.5. The summed E-state index contributed by atoms with van der Waals surface area (Å²) in [6.45, 7) is 9.35. The highest BCUT2D eigenvalue weighted by Crippen LogP contribution is 2.87. The van der Waals surface area contributed by atoms with Crippen LogP contribution in [0.3, 0.4) is 0 Å². The first-order valence-corrected chi connectivity index (χ1v) is 14.9. The number of nitrogens with one attached hydrogen (secondary N) is 1. The third-order valence-electron chi connectivity index (χ3n) is 13.2. The van der Waals surface area contributed by atoms with Gasteiger partial charge < -0.3 is 15.2 Å². The van der Waals surface area contributed by atoms with E-state index in [0.29, 0.717) is 28.5 Å². The summed E-state index contributed by atoms with van der Waals surface area (Å²) in [6, 6.07) is 10.8. The second kappa shape index (κ2) is 7.81. The minimum absolute atomic E-state index is 0.0974. The van der Waals surface area contributed by atoms with Crippen LogP contribution in [0.1, 0.15) is 90.5 Å². The molecule has 3 heteroatoms. The van der Waals surface area contributed by atoms with E-state index in [-0.39, 0.29) is 11.5 Å². The summed E-state index contributed by atoms with van der Waals surface area (Å²) in [7, 11) is 0. The molecule has 3 nitrogen and oxygen atoms in total. The zero-order valence-corrected chi connectivity index (χ0v) is 22.3. The van der Waals surface area contributed by atoms with Gasteiger partial charge in [0.1, 0.15) is 0 Å². The SMILES string of the molecule is CC12CC[C@@]34CC35CC[C@H](O)C(C)(C)C5CCC4C1CC1OC(CNCc3ccccc3)CCC12. The molecule has 6 aliphatic rings. The van der Waals surface area contributed by atoms with Gasteiger partial charge in [0.05, 0.1) is 18.3 Å². The van der Waals surface area contributed by atoms with Crippen LogP contribution in [0, 0.1) is 45.3 Å². The Bertz CT molecular complexity index is 962. The van der Waals surface area contributed by atoms with Crippen molar-refractivity contribution in [2.75, 3.05) is 6.54 Å². The first kappa shape index (κ1) is 23.2. The highest BCUT2D eigenvalue weighted by Gasteiger charge is 2.80. The van der Waals surface area contributed by atoms with Gasteiger partial charge in [0.25, 0.3) is 0 Å². The normalized spacial score (nSPS) is 51.4. The Morgan fingerprint density at radius 2 is 1.69 bits per heavy atom. The zero-order valence-electron chi connectivity index (χ0n) is 22.3. The fourth-order valence-corrected chi connectivity index (χ4v) is 11.4. The maximum Gasteiger partial charge on any atom is 0.0703 e. The van der Waals surface area contributed by atoms with Crippen LogP contribution < -0.4 is 5.32 Å². The van der Waals surface area contributed by atoms with Crippen LogP contribution >= 0.6 is 0 Å². The van der Waals surface area contributed by atoms with E-state index >= 15 is 0 Å². The molecule has 7 rings (SSSR count). The third kappa shape index (κ3) is 3.13. The highest BCUT2D eigenvalue weighted by molar-refractivity contribution is 5.29. The molecule has 1 aromatic carbocycles. The molecule has 5 aliphatic carbocycles. The molecule has 192 valence electrons. The molecule has 0 aromatic heterocycles. The molecule has 35 heavy (non-hydrogen) atoms. The van der Waals surface area contributed by atoms with E-state index in [1.165, 1.54) is 63.4 Å². The van der Waals surface area contributed by atoms with Crippen molar-refractivity contribution in [1.29, 1.82) is 0 Å². The predicted molar refractivity (Wildman–Crippen MR) is 140 cm³/mol. The molecule has 1 aromatic rings. The van der Waals surface area contributed by atoms with Crippen LogP contribution in [0.25, 0.3) is 0 Å². The van der Waals surface area contributed by atoms with Gasteiger partial charge in [0, 0.05) is 13.1 Å². The van der Waals surface area contributed by atoms with E-state index in [0.717, 1.165) is 43.2 Å². The van der Waals surface area contributed by atoms with Gasteiger partial charge in [-0.05, 0) is 115 Å². The Hall–Kier alpha value is -0.900. The molecule has 0 amide bonds. The lowest BCUT2D eigenvalue weighted by Gasteiger charge is -2.59. The molecule has 1 heterocycles. The lowest BCUT2D eigenvalue weighted by atomic mass is 9.46. The largest absolute Gasteiger partial charge is 0.393 e. The lowest BCUT2D eigenvalue weighted by molar-refractivity contribution is -0.135. The van der Waals surface area contributed by atoms with Crippen molar-refractivity contribution in [1.82, 2.24) is 5.32 Å². The van der Waals surface area contributed by atoms with Crippen LogP contribution in [-0.4, -0.2) is 30.0 Å². The molecule has 1 saturated heterocycles. The maximum absolute atomic E-state index is 10.9. The van der Waals surface area contributed by atoms with Gasteiger partial charge in [-0.2, -0.15) is 0 Å². The van der Waals surface area contributed by atoms with E-state index in [1.807, 2.05) is 0 Å². The summed E-state index contributed by atoms with van der Waals surface area (Å²) in [5, 5.41) is 14.5. The minimum Gasteiger partial charge on any atom is -0.393 e. The Morgan fingerprint density at radius 1 is 0.886 bits per heavy atom. The maximum atomic E-state index is 10.9. The van der Waals surface area contributed by atoms with Crippen molar-refractivity contribution in [2.24, 2.45) is 45.3 Å². The number of aliphatic hydroxyl groups excluding tert-OH is 1. The number of ether oxygens (including phenoxy) is 1. The Morgan fingerprint density at radius 3 is 2.51 bits per heavy atom. The molecule has 6 fully saturated rings. The first-order chi connectivity index (χ1) is 16.8. The summed E-state index contributed by atoms with van der Waals surface area (Å²) in [6.07, 6.45) is 14.1. The molecular formula is C32H47NO2. The molecule has 1 aliphatic heterocycles. The summed E-state index contributed by atoms with van der Waals surface area (Å²) in [4.78, 5) is 0. The van der Waals surface area contributed by atoms with E-state index in [1.54, 1.807) is 0 Å². The summed E-state index contributed by atoms with van der Waals surface area (Å²) in [5.74, 6) is 3.27. The van der Waals surface area contributed by atoms with Gasteiger partial charge in [0.2, 0.25) is 0 Å². The Labute approximate surface area is 212 Å². The fraction of sp³-hybridized carbons (Fsp3) is 0.812. The number of fused-ring (bicyclic) bond motifs is 4. The average molecular weight is 478 g/mol. The second-order valence-electron chi connectivity index (χ2n) is 14.5. The number of hydrogen-bond acceptors (Lipinski definition) is 3. The topological polar surface area (TPSA) is 41.5 Å². The van der Waals surface area contributed by atoms with Gasteiger partial charge in [-0.15, -0.1) is 0 Å². The van der Waals surface area contributed by atoms with E-state index in [2.05, 4.69) is 56.4 Å².